The number of hydrogen-bond acceptors (Lipinski definition) is 4. The van der Waals surface area contributed by atoms with Crippen LogP contribution in [-0.4, -0.2) is 25.2 Å². The summed E-state index contributed by atoms with van der Waals surface area (Å²) in [6, 6.07) is 0. The van der Waals surface area contributed by atoms with E-state index in [2.05, 4.69) is 9.72 Å². The Kier molecular flexibility index (Phi) is 5.27. The summed E-state index contributed by atoms with van der Waals surface area (Å²) in [5.74, 6) is -0.863. The van der Waals surface area contributed by atoms with Gasteiger partial charge in [0, 0.05) is 12.1 Å². The Hall–Kier alpha value is -1.43. The lowest BCUT2D eigenvalue weighted by atomic mass is 10.0. The molecule has 0 amide bonds. The van der Waals surface area contributed by atoms with E-state index in [4.69, 9.17) is 16.3 Å². The topological polar surface area (TPSA) is 48.4 Å². The molecule has 0 bridgehead atoms. The Bertz CT molecular complexity index is 441. The second-order valence-corrected chi connectivity index (χ2v) is 3.64. The molecule has 0 N–H and O–H groups in total. The molecule has 0 aromatic carbocycles. The minimum Gasteiger partial charge on any atom is -0.481 e. The molecule has 0 unspecified atom stereocenters. The van der Waals surface area contributed by atoms with Crippen LogP contribution in [0.25, 0.3) is 0 Å². The van der Waals surface area contributed by atoms with Crippen molar-refractivity contribution in [3.8, 4) is 5.88 Å². The van der Waals surface area contributed by atoms with Crippen LogP contribution >= 0.6 is 11.6 Å². The molecular formula is C11H12ClF2NO3. The van der Waals surface area contributed by atoms with Gasteiger partial charge < -0.3 is 9.47 Å². The number of nitrogens with zero attached hydrogens (tertiary/aromatic N) is 1. The zero-order valence-corrected chi connectivity index (χ0v) is 10.6. The van der Waals surface area contributed by atoms with Crippen LogP contribution in [0.4, 0.5) is 8.78 Å². The van der Waals surface area contributed by atoms with Crippen LogP contribution in [-0.2, 0) is 21.8 Å². The normalized spacial score (nSPS) is 10.6. The molecule has 0 radical (unpaired) electrons. The van der Waals surface area contributed by atoms with Crippen molar-refractivity contribution in [1.82, 2.24) is 4.98 Å². The second-order valence-electron chi connectivity index (χ2n) is 3.37. The van der Waals surface area contributed by atoms with Gasteiger partial charge in [-0.25, -0.2) is 13.8 Å². The number of ether oxygens (including phenoxy) is 2. The highest BCUT2D eigenvalue weighted by Crippen LogP contribution is 2.33. The van der Waals surface area contributed by atoms with Crippen LogP contribution in [0.3, 0.4) is 0 Å². The van der Waals surface area contributed by atoms with Gasteiger partial charge in [-0.1, -0.05) is 0 Å². The molecule has 0 fully saturated rings. The van der Waals surface area contributed by atoms with Gasteiger partial charge in [0.2, 0.25) is 5.88 Å². The first-order chi connectivity index (χ1) is 8.54. The van der Waals surface area contributed by atoms with E-state index < -0.39 is 18.0 Å². The van der Waals surface area contributed by atoms with Gasteiger partial charge in [-0.15, -0.1) is 11.6 Å². The molecule has 0 saturated carbocycles. The number of methoxy groups -OCH3 is 2. The summed E-state index contributed by atoms with van der Waals surface area (Å²) < 4.78 is 35.3. The number of carbonyl (C=O) groups is 1. The van der Waals surface area contributed by atoms with Gasteiger partial charge in [-0.3, -0.25) is 4.79 Å². The zero-order valence-electron chi connectivity index (χ0n) is 9.87. The van der Waals surface area contributed by atoms with E-state index in [9.17, 15) is 13.6 Å². The van der Waals surface area contributed by atoms with Crippen LogP contribution in [0.15, 0.2) is 6.20 Å². The molecule has 1 rings (SSSR count). The molecule has 18 heavy (non-hydrogen) atoms. The van der Waals surface area contributed by atoms with E-state index in [1.807, 2.05) is 0 Å². The number of halogens is 3. The number of aromatic nitrogens is 1. The van der Waals surface area contributed by atoms with Crippen molar-refractivity contribution >= 4 is 17.6 Å². The van der Waals surface area contributed by atoms with E-state index in [0.29, 0.717) is 5.56 Å². The molecule has 0 saturated heterocycles. The molecule has 0 atom stereocenters. The molecule has 1 heterocycles. The Morgan fingerprint density at radius 2 is 2.17 bits per heavy atom. The predicted molar refractivity (Wildman–Crippen MR) is 61.0 cm³/mol. The average molecular weight is 280 g/mol. The van der Waals surface area contributed by atoms with Crippen LogP contribution < -0.4 is 4.74 Å². The SMILES string of the molecule is COC(=O)Cc1c(CCl)cnc(OC)c1C(F)F. The Balaban J connectivity index is 3.35. The third-order valence-electron chi connectivity index (χ3n) is 2.39. The minimum atomic E-state index is -2.81. The first-order valence-electron chi connectivity index (χ1n) is 5.00. The summed E-state index contributed by atoms with van der Waals surface area (Å²) in [4.78, 5) is 15.0. The second kappa shape index (κ2) is 6.49. The molecule has 0 aliphatic rings. The van der Waals surface area contributed by atoms with Gasteiger partial charge in [0.1, 0.15) is 0 Å². The van der Waals surface area contributed by atoms with Crippen LogP contribution in [0.2, 0.25) is 0 Å². The average Bonchev–Trinajstić information content (AvgIpc) is 2.37. The van der Waals surface area contributed by atoms with Crippen molar-refractivity contribution in [2.45, 2.75) is 18.7 Å². The molecule has 0 aliphatic heterocycles. The van der Waals surface area contributed by atoms with Gasteiger partial charge in [-0.2, -0.15) is 0 Å². The molecule has 0 aliphatic carbocycles. The summed E-state index contributed by atoms with van der Waals surface area (Å²) in [5, 5.41) is 0. The third kappa shape index (κ3) is 3.07. The largest absolute Gasteiger partial charge is 0.481 e. The van der Waals surface area contributed by atoms with Crippen molar-refractivity contribution in [1.29, 1.82) is 0 Å². The molecular weight excluding hydrogens is 268 g/mol. The molecule has 4 nitrogen and oxygen atoms in total. The highest BCUT2D eigenvalue weighted by Gasteiger charge is 2.24. The van der Waals surface area contributed by atoms with Crippen molar-refractivity contribution in [3.63, 3.8) is 0 Å². The maximum absolute atomic E-state index is 13.0. The standard InChI is InChI=1S/C11H12ClF2NO3/c1-17-8(16)3-7-6(4-12)5-15-11(18-2)9(7)10(13)14/h5,10H,3-4H2,1-2H3. The predicted octanol–water partition coefficient (Wildman–Crippen LogP) is 2.48. The number of esters is 1. The van der Waals surface area contributed by atoms with Crippen molar-refractivity contribution < 1.29 is 23.0 Å². The van der Waals surface area contributed by atoms with Gasteiger partial charge in [0.15, 0.2) is 0 Å². The Morgan fingerprint density at radius 3 is 2.61 bits per heavy atom. The van der Waals surface area contributed by atoms with Gasteiger partial charge >= 0.3 is 5.97 Å². The van der Waals surface area contributed by atoms with Gasteiger partial charge in [0.25, 0.3) is 6.43 Å². The third-order valence-corrected chi connectivity index (χ3v) is 2.67. The minimum absolute atomic E-state index is 0.0248. The fourth-order valence-corrected chi connectivity index (χ4v) is 1.74. The first-order valence-corrected chi connectivity index (χ1v) is 5.54. The van der Waals surface area contributed by atoms with Gasteiger partial charge in [0.05, 0.1) is 26.2 Å². The quantitative estimate of drug-likeness (QED) is 0.614. The Labute approximate surface area is 108 Å². The molecule has 7 heteroatoms. The summed E-state index contributed by atoms with van der Waals surface area (Å²) in [5.41, 5.74) is 0.0536. The molecule has 1 aromatic rings. The van der Waals surface area contributed by atoms with Crippen LogP contribution in [0.1, 0.15) is 23.1 Å². The lowest BCUT2D eigenvalue weighted by Crippen LogP contribution is -2.11. The van der Waals surface area contributed by atoms with Gasteiger partial charge in [-0.05, 0) is 11.1 Å². The summed E-state index contributed by atoms with van der Waals surface area (Å²) in [6.45, 7) is 0. The number of carbonyl (C=O) groups excluding carboxylic acids is 1. The first kappa shape index (κ1) is 14.6. The summed E-state index contributed by atoms with van der Waals surface area (Å²) >= 11 is 5.65. The summed E-state index contributed by atoms with van der Waals surface area (Å²) in [6.07, 6.45) is -1.79. The molecule has 0 spiro atoms. The van der Waals surface area contributed by atoms with Crippen molar-refractivity contribution in [3.05, 3.63) is 22.9 Å². The van der Waals surface area contributed by atoms with E-state index in [0.717, 1.165) is 0 Å². The van der Waals surface area contributed by atoms with Crippen molar-refractivity contribution in [2.75, 3.05) is 14.2 Å². The van der Waals surface area contributed by atoms with Crippen LogP contribution in [0.5, 0.6) is 5.88 Å². The number of hydrogen-bond donors (Lipinski definition) is 0. The van der Waals surface area contributed by atoms with E-state index in [1.165, 1.54) is 20.4 Å². The number of pyridine rings is 1. The lowest BCUT2D eigenvalue weighted by Gasteiger charge is -2.14. The Morgan fingerprint density at radius 1 is 1.50 bits per heavy atom. The monoisotopic (exact) mass is 279 g/mol. The number of rotatable bonds is 5. The van der Waals surface area contributed by atoms with E-state index in [-0.39, 0.29) is 23.7 Å². The highest BCUT2D eigenvalue weighted by molar-refractivity contribution is 6.17. The van der Waals surface area contributed by atoms with E-state index in [1.54, 1.807) is 0 Å². The van der Waals surface area contributed by atoms with E-state index >= 15 is 0 Å². The maximum Gasteiger partial charge on any atom is 0.310 e. The number of alkyl halides is 3. The molecule has 1 aromatic heterocycles. The fourth-order valence-electron chi connectivity index (χ4n) is 1.51. The van der Waals surface area contributed by atoms with Crippen LogP contribution in [0, 0.1) is 0 Å². The maximum atomic E-state index is 13.0. The smallest absolute Gasteiger partial charge is 0.310 e. The summed E-state index contributed by atoms with van der Waals surface area (Å²) in [7, 11) is 2.42. The zero-order chi connectivity index (χ0) is 13.7. The highest BCUT2D eigenvalue weighted by atomic mass is 35.5. The van der Waals surface area contributed by atoms with Crippen molar-refractivity contribution in [2.24, 2.45) is 0 Å². The molecule has 100 valence electrons. The lowest BCUT2D eigenvalue weighted by molar-refractivity contribution is -0.139. The fraction of sp³-hybridized carbons (Fsp3) is 0.455.